The normalized spacial score (nSPS) is 16.1. The van der Waals surface area contributed by atoms with Crippen LogP contribution in [-0.2, 0) is 6.54 Å². The van der Waals surface area contributed by atoms with Crippen LogP contribution in [0.25, 0.3) is 0 Å². The van der Waals surface area contributed by atoms with E-state index in [4.69, 9.17) is 0 Å². The van der Waals surface area contributed by atoms with Gasteiger partial charge in [0.2, 0.25) is 0 Å². The van der Waals surface area contributed by atoms with Crippen LogP contribution in [0.5, 0.6) is 0 Å². The van der Waals surface area contributed by atoms with Gasteiger partial charge in [0.1, 0.15) is 5.82 Å². The number of H-pyrrole nitrogens is 1. The first kappa shape index (κ1) is 13.1. The summed E-state index contributed by atoms with van der Waals surface area (Å²) >= 11 is 0. The fourth-order valence-corrected chi connectivity index (χ4v) is 2.30. The molecule has 1 fully saturated rings. The van der Waals surface area contributed by atoms with E-state index >= 15 is 0 Å². The van der Waals surface area contributed by atoms with Crippen molar-refractivity contribution < 1.29 is 5.11 Å². The van der Waals surface area contributed by atoms with Gasteiger partial charge < -0.3 is 10.0 Å². The van der Waals surface area contributed by atoms with Crippen LogP contribution in [0.4, 0.5) is 5.69 Å². The van der Waals surface area contributed by atoms with Gasteiger partial charge in [0, 0.05) is 18.2 Å². The molecule has 5 heteroatoms. The van der Waals surface area contributed by atoms with Crippen LogP contribution < -0.4 is 4.90 Å². The van der Waals surface area contributed by atoms with Gasteiger partial charge in [0.15, 0.2) is 5.82 Å². The Morgan fingerprint density at radius 1 is 1.35 bits per heavy atom. The standard InChI is InChI=1S/C15H20N4O/c1-11(20)9-19(13-5-3-2-4-6-13)10-14-16-15(18-17-14)12-7-8-12/h2-6,11-12,20H,7-10H2,1H3,(H,16,17,18)/t11-/m0/s1. The molecule has 0 saturated heterocycles. The molecular weight excluding hydrogens is 252 g/mol. The van der Waals surface area contributed by atoms with Crippen molar-refractivity contribution in [3.8, 4) is 0 Å². The average molecular weight is 272 g/mol. The van der Waals surface area contributed by atoms with Gasteiger partial charge in [-0.25, -0.2) is 4.98 Å². The van der Waals surface area contributed by atoms with Crippen molar-refractivity contribution in [2.75, 3.05) is 11.4 Å². The van der Waals surface area contributed by atoms with Crippen molar-refractivity contribution in [3.05, 3.63) is 42.0 Å². The zero-order valence-corrected chi connectivity index (χ0v) is 11.7. The molecule has 20 heavy (non-hydrogen) atoms. The fourth-order valence-electron chi connectivity index (χ4n) is 2.30. The second kappa shape index (κ2) is 5.63. The van der Waals surface area contributed by atoms with Crippen LogP contribution in [0.15, 0.2) is 30.3 Å². The van der Waals surface area contributed by atoms with Gasteiger partial charge in [0.25, 0.3) is 0 Å². The number of benzene rings is 1. The monoisotopic (exact) mass is 272 g/mol. The minimum absolute atomic E-state index is 0.388. The molecule has 5 nitrogen and oxygen atoms in total. The Morgan fingerprint density at radius 2 is 2.10 bits per heavy atom. The zero-order valence-electron chi connectivity index (χ0n) is 11.7. The lowest BCUT2D eigenvalue weighted by Crippen LogP contribution is -2.30. The van der Waals surface area contributed by atoms with Crippen molar-refractivity contribution in [2.24, 2.45) is 0 Å². The molecule has 1 aliphatic carbocycles. The van der Waals surface area contributed by atoms with Crippen LogP contribution >= 0.6 is 0 Å². The number of hydrogen-bond donors (Lipinski definition) is 2. The predicted octanol–water partition coefficient (Wildman–Crippen LogP) is 2.07. The van der Waals surface area contributed by atoms with E-state index in [-0.39, 0.29) is 6.10 Å². The summed E-state index contributed by atoms with van der Waals surface area (Å²) in [5, 5.41) is 17.0. The molecule has 3 rings (SSSR count). The summed E-state index contributed by atoms with van der Waals surface area (Å²) < 4.78 is 0. The summed E-state index contributed by atoms with van der Waals surface area (Å²) in [4.78, 5) is 6.67. The maximum absolute atomic E-state index is 9.68. The van der Waals surface area contributed by atoms with Crippen LogP contribution in [0.1, 0.15) is 37.3 Å². The summed E-state index contributed by atoms with van der Waals surface area (Å²) in [6.07, 6.45) is 2.02. The number of rotatable bonds is 6. The molecule has 0 unspecified atom stereocenters. The Balaban J connectivity index is 1.74. The fraction of sp³-hybridized carbons (Fsp3) is 0.467. The third kappa shape index (κ3) is 3.17. The lowest BCUT2D eigenvalue weighted by atomic mass is 10.2. The second-order valence-electron chi connectivity index (χ2n) is 5.48. The SMILES string of the molecule is C[C@H](O)CN(Cc1nc(C2CC2)n[nH]1)c1ccccc1. The number of nitrogens with zero attached hydrogens (tertiary/aromatic N) is 3. The lowest BCUT2D eigenvalue weighted by Gasteiger charge is -2.25. The minimum Gasteiger partial charge on any atom is -0.392 e. The number of para-hydroxylation sites is 1. The van der Waals surface area contributed by atoms with E-state index in [2.05, 4.69) is 20.1 Å². The van der Waals surface area contributed by atoms with E-state index in [9.17, 15) is 5.11 Å². The highest BCUT2D eigenvalue weighted by Gasteiger charge is 2.27. The van der Waals surface area contributed by atoms with Crippen molar-refractivity contribution in [3.63, 3.8) is 0 Å². The first-order chi connectivity index (χ1) is 9.72. The average Bonchev–Trinajstić information content (AvgIpc) is 3.19. The first-order valence-electron chi connectivity index (χ1n) is 7.11. The highest BCUT2D eigenvalue weighted by Crippen LogP contribution is 2.37. The zero-order chi connectivity index (χ0) is 13.9. The molecule has 2 N–H and O–H groups in total. The number of aromatic nitrogens is 3. The molecule has 0 spiro atoms. The van der Waals surface area contributed by atoms with Gasteiger partial charge >= 0.3 is 0 Å². The number of anilines is 1. The van der Waals surface area contributed by atoms with Gasteiger partial charge in [-0.1, -0.05) is 18.2 Å². The van der Waals surface area contributed by atoms with E-state index in [1.54, 1.807) is 6.92 Å². The highest BCUT2D eigenvalue weighted by molar-refractivity contribution is 5.46. The van der Waals surface area contributed by atoms with E-state index < -0.39 is 0 Å². The number of nitrogens with one attached hydrogen (secondary N) is 1. The lowest BCUT2D eigenvalue weighted by molar-refractivity contribution is 0.199. The number of aliphatic hydroxyl groups excluding tert-OH is 1. The quantitative estimate of drug-likeness (QED) is 0.845. The Kier molecular flexibility index (Phi) is 3.69. The first-order valence-corrected chi connectivity index (χ1v) is 7.11. The van der Waals surface area contributed by atoms with Crippen LogP contribution in [0.3, 0.4) is 0 Å². The molecule has 1 aliphatic rings. The molecule has 1 atom stereocenters. The van der Waals surface area contributed by atoms with Gasteiger partial charge in [-0.05, 0) is 31.9 Å². The molecule has 1 aromatic carbocycles. The minimum atomic E-state index is -0.388. The Labute approximate surface area is 118 Å². The van der Waals surface area contributed by atoms with Gasteiger partial charge in [-0.2, -0.15) is 5.10 Å². The summed E-state index contributed by atoms with van der Waals surface area (Å²) in [6, 6.07) is 10.1. The Hall–Kier alpha value is -1.88. The molecule has 1 aromatic heterocycles. The highest BCUT2D eigenvalue weighted by atomic mass is 16.3. The molecule has 0 radical (unpaired) electrons. The van der Waals surface area contributed by atoms with Gasteiger partial charge in [0.05, 0.1) is 12.6 Å². The molecule has 0 bridgehead atoms. The molecule has 0 aliphatic heterocycles. The summed E-state index contributed by atoms with van der Waals surface area (Å²) in [5.74, 6) is 2.35. The summed E-state index contributed by atoms with van der Waals surface area (Å²) in [5.41, 5.74) is 1.08. The van der Waals surface area contributed by atoms with Crippen LogP contribution in [-0.4, -0.2) is 32.9 Å². The number of aliphatic hydroxyl groups is 1. The Morgan fingerprint density at radius 3 is 2.75 bits per heavy atom. The van der Waals surface area contributed by atoms with Crippen molar-refractivity contribution >= 4 is 5.69 Å². The van der Waals surface area contributed by atoms with Gasteiger partial charge in [-0.3, -0.25) is 5.10 Å². The van der Waals surface area contributed by atoms with E-state index in [0.717, 1.165) is 17.3 Å². The van der Waals surface area contributed by atoms with Crippen molar-refractivity contribution in [2.45, 2.75) is 38.3 Å². The maximum Gasteiger partial charge on any atom is 0.153 e. The molecule has 106 valence electrons. The smallest absolute Gasteiger partial charge is 0.153 e. The molecule has 0 amide bonds. The van der Waals surface area contributed by atoms with E-state index in [1.165, 1.54) is 12.8 Å². The molecule has 2 aromatic rings. The Bertz CT molecular complexity index is 548. The largest absolute Gasteiger partial charge is 0.392 e. The third-order valence-corrected chi connectivity index (χ3v) is 3.44. The maximum atomic E-state index is 9.68. The van der Waals surface area contributed by atoms with Crippen molar-refractivity contribution in [1.82, 2.24) is 15.2 Å². The number of hydrogen-bond acceptors (Lipinski definition) is 4. The topological polar surface area (TPSA) is 65.0 Å². The third-order valence-electron chi connectivity index (χ3n) is 3.44. The van der Waals surface area contributed by atoms with Crippen LogP contribution in [0, 0.1) is 0 Å². The predicted molar refractivity (Wildman–Crippen MR) is 77.5 cm³/mol. The van der Waals surface area contributed by atoms with Crippen molar-refractivity contribution in [1.29, 1.82) is 0 Å². The molecule has 1 heterocycles. The molecular formula is C15H20N4O. The van der Waals surface area contributed by atoms with E-state index in [0.29, 0.717) is 19.0 Å². The van der Waals surface area contributed by atoms with E-state index in [1.807, 2.05) is 30.3 Å². The summed E-state index contributed by atoms with van der Waals surface area (Å²) in [7, 11) is 0. The number of aromatic amines is 1. The molecule has 1 saturated carbocycles. The van der Waals surface area contributed by atoms with Gasteiger partial charge in [-0.15, -0.1) is 0 Å². The second-order valence-corrected chi connectivity index (χ2v) is 5.48. The van der Waals surface area contributed by atoms with Crippen LogP contribution in [0.2, 0.25) is 0 Å². The summed E-state index contributed by atoms with van der Waals surface area (Å²) in [6.45, 7) is 3.00.